The van der Waals surface area contributed by atoms with Crippen molar-refractivity contribution in [1.82, 2.24) is 0 Å². The Kier molecular flexibility index (Phi) is 7.84. The van der Waals surface area contributed by atoms with Crippen molar-refractivity contribution in [2.75, 3.05) is 4.90 Å². The molecule has 0 atom stereocenters. The summed E-state index contributed by atoms with van der Waals surface area (Å²) < 4.78 is 2.74. The first-order valence-corrected chi connectivity index (χ1v) is 22.1. The van der Waals surface area contributed by atoms with Crippen LogP contribution >= 0.6 is 11.3 Å². The van der Waals surface area contributed by atoms with Gasteiger partial charge in [0.25, 0.3) is 0 Å². The molecule has 1 heterocycles. The molecule has 57 heavy (non-hydrogen) atoms. The minimum Gasteiger partial charge on any atom is -0.310 e. The minimum absolute atomic E-state index is 0.119. The molecule has 1 nitrogen and oxygen atoms in total. The standard InChI is InChI=1S/C55H57NS/c1-51(2)24-26-53(5,6)47-32-44-41(30-45(47)51)39-22-20-37(28-43(39)55(44,9)10)56(36-18-16-35(17-19-36)34-14-12-11-13-15-34)38-21-23-40-42-31-46-48(33-50(42)57-49(40)29-38)54(7,8)27-25-52(46,3)4/h11-23,28-33H,24-27H2,1-10H3. The van der Waals surface area contributed by atoms with Gasteiger partial charge in [0.15, 0.2) is 0 Å². The molecule has 6 aromatic carbocycles. The first-order chi connectivity index (χ1) is 26.9. The summed E-state index contributed by atoms with van der Waals surface area (Å²) >= 11 is 1.95. The molecule has 7 aromatic rings. The highest BCUT2D eigenvalue weighted by atomic mass is 32.1. The van der Waals surface area contributed by atoms with Gasteiger partial charge in [0.1, 0.15) is 0 Å². The van der Waals surface area contributed by atoms with Crippen LogP contribution in [-0.2, 0) is 27.1 Å². The average Bonchev–Trinajstić information content (AvgIpc) is 3.65. The summed E-state index contributed by atoms with van der Waals surface area (Å²) in [6.45, 7) is 24.4. The minimum atomic E-state index is -0.119. The largest absolute Gasteiger partial charge is 0.310 e. The van der Waals surface area contributed by atoms with E-state index in [-0.39, 0.29) is 27.1 Å². The summed E-state index contributed by atoms with van der Waals surface area (Å²) in [6.07, 6.45) is 4.90. The van der Waals surface area contributed by atoms with E-state index in [2.05, 4.69) is 189 Å². The molecule has 0 bridgehead atoms. The van der Waals surface area contributed by atoms with E-state index in [1.807, 2.05) is 11.3 Å². The van der Waals surface area contributed by atoms with E-state index in [1.165, 1.54) is 113 Å². The van der Waals surface area contributed by atoms with Crippen LogP contribution < -0.4 is 4.90 Å². The molecule has 0 radical (unpaired) electrons. The number of benzene rings is 6. The molecule has 288 valence electrons. The number of thiophene rings is 1. The number of fused-ring (bicyclic) bond motifs is 8. The Labute approximate surface area is 344 Å². The fourth-order valence-corrected chi connectivity index (χ4v) is 11.9. The van der Waals surface area contributed by atoms with Gasteiger partial charge in [-0.3, -0.25) is 0 Å². The van der Waals surface area contributed by atoms with Gasteiger partial charge in [0, 0.05) is 42.6 Å². The van der Waals surface area contributed by atoms with Crippen molar-refractivity contribution in [3.05, 3.63) is 149 Å². The summed E-state index contributed by atoms with van der Waals surface area (Å²) in [5, 5.41) is 2.76. The summed E-state index contributed by atoms with van der Waals surface area (Å²) in [7, 11) is 0. The topological polar surface area (TPSA) is 3.24 Å². The Morgan fingerprint density at radius 2 is 0.877 bits per heavy atom. The molecule has 0 aliphatic heterocycles. The predicted molar refractivity (Wildman–Crippen MR) is 248 cm³/mol. The van der Waals surface area contributed by atoms with Crippen molar-refractivity contribution in [1.29, 1.82) is 0 Å². The zero-order valence-corrected chi connectivity index (χ0v) is 36.5. The monoisotopic (exact) mass is 763 g/mol. The molecule has 0 amide bonds. The lowest BCUT2D eigenvalue weighted by molar-refractivity contribution is 0.331. The van der Waals surface area contributed by atoms with Gasteiger partial charge in [-0.25, -0.2) is 0 Å². The van der Waals surface area contributed by atoms with E-state index >= 15 is 0 Å². The van der Waals surface area contributed by atoms with Crippen molar-refractivity contribution in [2.45, 2.75) is 122 Å². The van der Waals surface area contributed by atoms with E-state index in [4.69, 9.17) is 0 Å². The van der Waals surface area contributed by atoms with Crippen molar-refractivity contribution in [3.63, 3.8) is 0 Å². The van der Waals surface area contributed by atoms with Gasteiger partial charge in [-0.2, -0.15) is 0 Å². The first-order valence-electron chi connectivity index (χ1n) is 21.3. The maximum atomic E-state index is 2.60. The van der Waals surface area contributed by atoms with Gasteiger partial charge in [-0.05, 0) is 158 Å². The number of hydrogen-bond acceptors (Lipinski definition) is 2. The van der Waals surface area contributed by atoms with Crippen LogP contribution in [0.1, 0.15) is 128 Å². The lowest BCUT2D eigenvalue weighted by Gasteiger charge is -2.42. The third kappa shape index (κ3) is 5.60. The van der Waals surface area contributed by atoms with Gasteiger partial charge in [-0.15, -0.1) is 11.3 Å². The third-order valence-corrected chi connectivity index (χ3v) is 15.9. The molecule has 3 aliphatic carbocycles. The Bertz CT molecular complexity index is 2750. The van der Waals surface area contributed by atoms with Crippen molar-refractivity contribution in [3.8, 4) is 22.3 Å². The van der Waals surface area contributed by atoms with Gasteiger partial charge in [0.05, 0.1) is 0 Å². The summed E-state index contributed by atoms with van der Waals surface area (Å²) in [5.74, 6) is 0. The normalized spacial score (nSPS) is 19.1. The second kappa shape index (κ2) is 12.2. The van der Waals surface area contributed by atoms with Gasteiger partial charge in [0.2, 0.25) is 0 Å². The molecule has 1 aromatic heterocycles. The molecule has 0 spiro atoms. The SMILES string of the molecule is CC1(C)CCC(C)(C)c2cc3c(cc21)-c1ccc(N(c2ccc(-c4ccccc4)cc2)c2ccc4c(c2)sc2cc5c(cc24)C(C)(C)CCC5(C)C)cc1C3(C)C. The summed E-state index contributed by atoms with van der Waals surface area (Å²) in [6, 6.07) is 44.7. The molecule has 0 unspecified atom stereocenters. The summed E-state index contributed by atoms with van der Waals surface area (Å²) in [5.41, 5.74) is 18.5. The number of rotatable bonds is 4. The Morgan fingerprint density at radius 3 is 1.53 bits per heavy atom. The second-order valence-corrected chi connectivity index (χ2v) is 21.8. The Morgan fingerprint density at radius 1 is 0.386 bits per heavy atom. The fraction of sp³-hybridized carbons (Fsp3) is 0.345. The number of hydrogen-bond donors (Lipinski definition) is 0. The van der Waals surface area contributed by atoms with Gasteiger partial charge >= 0.3 is 0 Å². The van der Waals surface area contributed by atoms with Crippen LogP contribution in [0.3, 0.4) is 0 Å². The lowest BCUT2D eigenvalue weighted by Crippen LogP contribution is -2.34. The quantitative estimate of drug-likeness (QED) is 0.173. The van der Waals surface area contributed by atoms with Crippen molar-refractivity contribution in [2.24, 2.45) is 0 Å². The van der Waals surface area contributed by atoms with E-state index in [1.54, 1.807) is 5.56 Å². The highest BCUT2D eigenvalue weighted by Gasteiger charge is 2.43. The maximum Gasteiger partial charge on any atom is 0.0476 e. The van der Waals surface area contributed by atoms with Crippen LogP contribution in [0, 0.1) is 0 Å². The van der Waals surface area contributed by atoms with Crippen molar-refractivity contribution < 1.29 is 0 Å². The molecule has 0 N–H and O–H groups in total. The molecular weight excluding hydrogens is 707 g/mol. The van der Waals surface area contributed by atoms with Gasteiger partial charge < -0.3 is 4.90 Å². The lowest BCUT2D eigenvalue weighted by atomic mass is 9.62. The van der Waals surface area contributed by atoms with Gasteiger partial charge in [-0.1, -0.05) is 130 Å². The van der Waals surface area contributed by atoms with E-state index in [0.717, 1.165) is 0 Å². The highest BCUT2D eigenvalue weighted by molar-refractivity contribution is 7.25. The second-order valence-electron chi connectivity index (χ2n) is 20.8. The molecule has 2 heteroatoms. The molecule has 0 saturated heterocycles. The molecule has 0 fully saturated rings. The average molecular weight is 764 g/mol. The highest BCUT2D eigenvalue weighted by Crippen LogP contribution is 2.56. The number of nitrogens with zero attached hydrogens (tertiary/aromatic N) is 1. The predicted octanol–water partition coefficient (Wildman–Crippen LogP) is 16.2. The third-order valence-electron chi connectivity index (χ3n) is 14.8. The zero-order valence-electron chi connectivity index (χ0n) is 35.7. The fourth-order valence-electron chi connectivity index (χ4n) is 10.8. The van der Waals surface area contributed by atoms with Crippen LogP contribution in [0.25, 0.3) is 42.4 Å². The van der Waals surface area contributed by atoms with Crippen LogP contribution in [0.5, 0.6) is 0 Å². The molecule has 3 aliphatic rings. The molecule has 0 saturated carbocycles. The van der Waals surface area contributed by atoms with Crippen LogP contribution in [0.15, 0.2) is 115 Å². The van der Waals surface area contributed by atoms with E-state index < -0.39 is 0 Å². The summed E-state index contributed by atoms with van der Waals surface area (Å²) in [4.78, 5) is 2.49. The van der Waals surface area contributed by atoms with E-state index in [9.17, 15) is 0 Å². The van der Waals surface area contributed by atoms with E-state index in [0.29, 0.717) is 0 Å². The van der Waals surface area contributed by atoms with Crippen LogP contribution in [-0.4, -0.2) is 0 Å². The zero-order chi connectivity index (χ0) is 39.9. The van der Waals surface area contributed by atoms with Crippen LogP contribution in [0.2, 0.25) is 0 Å². The maximum absolute atomic E-state index is 2.60. The van der Waals surface area contributed by atoms with Crippen LogP contribution in [0.4, 0.5) is 17.1 Å². The van der Waals surface area contributed by atoms with Crippen molar-refractivity contribution >= 4 is 48.6 Å². The Hall–Kier alpha value is -4.66. The first kappa shape index (κ1) is 36.7. The molecule has 10 rings (SSSR count). The molecular formula is C55H57NS. The number of anilines is 3. The smallest absolute Gasteiger partial charge is 0.0476 e. The Balaban J connectivity index is 1.13.